The average Bonchev–Trinajstić information content (AvgIpc) is 3.27. The van der Waals surface area contributed by atoms with Crippen LogP contribution in [0.1, 0.15) is 22.3 Å². The Kier molecular flexibility index (Phi) is 4.26. The van der Waals surface area contributed by atoms with Gasteiger partial charge in [-0.3, -0.25) is 14.4 Å². The normalized spacial score (nSPS) is 19.7. The number of carbonyl (C=O) groups excluding carboxylic acids is 2. The molecule has 1 aliphatic carbocycles. The standard InChI is InChI=1S/C15H18N2O4/c1-16-13(18)10-5-3-9(4-6-10)8-17(2)14(19)11-7-12(11)15(20)21/h3-6,11-12H,7-8H2,1-2H3,(H,16,18)(H,20,21)/t11-,12+/m0/s1. The van der Waals surface area contributed by atoms with Gasteiger partial charge in [0.05, 0.1) is 11.8 Å². The third kappa shape index (κ3) is 3.39. The number of benzene rings is 1. The predicted octanol–water partition coefficient (Wildman–Crippen LogP) is 0.725. The number of rotatable bonds is 5. The van der Waals surface area contributed by atoms with E-state index in [9.17, 15) is 14.4 Å². The van der Waals surface area contributed by atoms with Gasteiger partial charge >= 0.3 is 5.97 Å². The van der Waals surface area contributed by atoms with E-state index < -0.39 is 17.8 Å². The molecule has 112 valence electrons. The van der Waals surface area contributed by atoms with Crippen molar-refractivity contribution in [1.82, 2.24) is 10.2 Å². The summed E-state index contributed by atoms with van der Waals surface area (Å²) < 4.78 is 0. The van der Waals surface area contributed by atoms with E-state index in [4.69, 9.17) is 5.11 Å². The molecule has 1 saturated carbocycles. The van der Waals surface area contributed by atoms with E-state index in [2.05, 4.69) is 5.32 Å². The number of hydrogen-bond donors (Lipinski definition) is 2. The van der Waals surface area contributed by atoms with Gasteiger partial charge in [0.25, 0.3) is 5.91 Å². The molecular formula is C15H18N2O4. The van der Waals surface area contributed by atoms with E-state index in [0.717, 1.165) is 5.56 Å². The molecule has 1 aromatic carbocycles. The first-order valence-electron chi connectivity index (χ1n) is 6.73. The smallest absolute Gasteiger partial charge is 0.307 e. The molecule has 21 heavy (non-hydrogen) atoms. The van der Waals surface area contributed by atoms with Crippen LogP contribution in [-0.2, 0) is 16.1 Å². The molecule has 2 atom stereocenters. The largest absolute Gasteiger partial charge is 0.481 e. The molecule has 0 heterocycles. The maximum Gasteiger partial charge on any atom is 0.307 e. The average molecular weight is 290 g/mol. The van der Waals surface area contributed by atoms with Crippen molar-refractivity contribution in [1.29, 1.82) is 0 Å². The molecule has 2 rings (SSSR count). The van der Waals surface area contributed by atoms with E-state index in [1.165, 1.54) is 4.90 Å². The minimum atomic E-state index is -0.906. The van der Waals surface area contributed by atoms with Gasteiger partial charge in [-0.25, -0.2) is 0 Å². The Bertz CT molecular complexity index is 568. The fraction of sp³-hybridized carbons (Fsp3) is 0.400. The van der Waals surface area contributed by atoms with Crippen LogP contribution in [0.5, 0.6) is 0 Å². The SMILES string of the molecule is CNC(=O)c1ccc(CN(C)C(=O)[C@H]2C[C@H]2C(=O)O)cc1. The van der Waals surface area contributed by atoms with Gasteiger partial charge in [0.15, 0.2) is 0 Å². The number of nitrogens with zero attached hydrogens (tertiary/aromatic N) is 1. The third-order valence-electron chi connectivity index (χ3n) is 3.66. The van der Waals surface area contributed by atoms with Gasteiger partial charge in [-0.05, 0) is 24.1 Å². The van der Waals surface area contributed by atoms with Crippen LogP contribution in [0.2, 0.25) is 0 Å². The van der Waals surface area contributed by atoms with Crippen LogP contribution in [0.4, 0.5) is 0 Å². The van der Waals surface area contributed by atoms with E-state index >= 15 is 0 Å². The molecule has 1 aliphatic rings. The number of amides is 2. The Morgan fingerprint density at radius 2 is 1.86 bits per heavy atom. The quantitative estimate of drug-likeness (QED) is 0.837. The Labute approximate surface area is 122 Å². The lowest BCUT2D eigenvalue weighted by molar-refractivity contribution is -0.141. The highest BCUT2D eigenvalue weighted by Gasteiger charge is 2.49. The summed E-state index contributed by atoms with van der Waals surface area (Å²) in [5.41, 5.74) is 1.45. The molecule has 0 bridgehead atoms. The van der Waals surface area contributed by atoms with Gasteiger partial charge in [-0.2, -0.15) is 0 Å². The summed E-state index contributed by atoms with van der Waals surface area (Å²) in [6.45, 7) is 0.399. The molecule has 0 aromatic heterocycles. The topological polar surface area (TPSA) is 86.7 Å². The van der Waals surface area contributed by atoms with Gasteiger partial charge in [0.2, 0.25) is 5.91 Å². The van der Waals surface area contributed by atoms with Crippen LogP contribution in [0.25, 0.3) is 0 Å². The first-order chi connectivity index (χ1) is 9.93. The van der Waals surface area contributed by atoms with Crippen molar-refractivity contribution in [3.63, 3.8) is 0 Å². The van der Waals surface area contributed by atoms with Crippen LogP contribution in [-0.4, -0.2) is 41.9 Å². The van der Waals surface area contributed by atoms with Gasteiger partial charge in [0.1, 0.15) is 0 Å². The fourth-order valence-corrected chi connectivity index (χ4v) is 2.28. The summed E-state index contributed by atoms with van der Waals surface area (Å²) in [7, 11) is 3.23. The van der Waals surface area contributed by atoms with Crippen molar-refractivity contribution in [3.05, 3.63) is 35.4 Å². The van der Waals surface area contributed by atoms with Crippen LogP contribution in [0.15, 0.2) is 24.3 Å². The molecular weight excluding hydrogens is 272 g/mol. The molecule has 0 spiro atoms. The summed E-state index contributed by atoms with van der Waals surface area (Å²) in [5.74, 6) is -2.13. The Hall–Kier alpha value is -2.37. The molecule has 0 saturated heterocycles. The number of carbonyl (C=O) groups is 3. The highest BCUT2D eigenvalue weighted by Crippen LogP contribution is 2.40. The molecule has 1 fully saturated rings. The summed E-state index contributed by atoms with van der Waals surface area (Å²) in [5, 5.41) is 11.4. The zero-order chi connectivity index (χ0) is 15.6. The monoisotopic (exact) mass is 290 g/mol. The van der Waals surface area contributed by atoms with Crippen molar-refractivity contribution in [2.45, 2.75) is 13.0 Å². The number of carboxylic acid groups (broad SMARTS) is 1. The van der Waals surface area contributed by atoms with Gasteiger partial charge in [0, 0.05) is 26.2 Å². The second-order valence-electron chi connectivity index (χ2n) is 5.26. The molecule has 2 N–H and O–H groups in total. The summed E-state index contributed by atoms with van der Waals surface area (Å²) in [6.07, 6.45) is 0.425. The minimum absolute atomic E-state index is 0.141. The maximum absolute atomic E-state index is 12.0. The van der Waals surface area contributed by atoms with Crippen molar-refractivity contribution in [3.8, 4) is 0 Å². The highest BCUT2D eigenvalue weighted by atomic mass is 16.4. The molecule has 2 amide bonds. The molecule has 0 aliphatic heterocycles. The van der Waals surface area contributed by atoms with Crippen LogP contribution >= 0.6 is 0 Å². The zero-order valence-corrected chi connectivity index (χ0v) is 12.0. The first-order valence-corrected chi connectivity index (χ1v) is 6.73. The molecule has 1 aromatic rings. The van der Waals surface area contributed by atoms with Crippen molar-refractivity contribution >= 4 is 17.8 Å². The summed E-state index contributed by atoms with van der Waals surface area (Å²) in [4.78, 5) is 35.8. The van der Waals surface area contributed by atoms with E-state index in [1.54, 1.807) is 38.4 Å². The van der Waals surface area contributed by atoms with Crippen LogP contribution < -0.4 is 5.32 Å². The highest BCUT2D eigenvalue weighted by molar-refractivity contribution is 5.94. The number of aliphatic carboxylic acids is 1. The van der Waals surface area contributed by atoms with Crippen molar-refractivity contribution < 1.29 is 19.5 Å². The maximum atomic E-state index is 12.0. The van der Waals surface area contributed by atoms with Gasteiger partial charge in [-0.15, -0.1) is 0 Å². The summed E-state index contributed by atoms with van der Waals surface area (Å²) in [6, 6.07) is 6.97. The molecule has 6 nitrogen and oxygen atoms in total. The molecule has 6 heteroatoms. The number of carboxylic acids is 1. The zero-order valence-electron chi connectivity index (χ0n) is 12.0. The second-order valence-corrected chi connectivity index (χ2v) is 5.26. The fourth-order valence-electron chi connectivity index (χ4n) is 2.28. The van der Waals surface area contributed by atoms with E-state index in [-0.39, 0.29) is 11.8 Å². The molecule has 0 radical (unpaired) electrons. The summed E-state index contributed by atoms with van der Waals surface area (Å²) >= 11 is 0. The van der Waals surface area contributed by atoms with Crippen LogP contribution in [0.3, 0.4) is 0 Å². The second kappa shape index (κ2) is 5.95. The first kappa shape index (κ1) is 15.0. The predicted molar refractivity (Wildman–Crippen MR) is 75.5 cm³/mol. The number of nitrogens with one attached hydrogen (secondary N) is 1. The minimum Gasteiger partial charge on any atom is -0.481 e. The van der Waals surface area contributed by atoms with Crippen LogP contribution in [0, 0.1) is 11.8 Å². The van der Waals surface area contributed by atoms with E-state index in [0.29, 0.717) is 18.5 Å². The lowest BCUT2D eigenvalue weighted by Crippen LogP contribution is -2.28. The van der Waals surface area contributed by atoms with Crippen molar-refractivity contribution in [2.75, 3.05) is 14.1 Å². The lowest BCUT2D eigenvalue weighted by atomic mass is 10.1. The van der Waals surface area contributed by atoms with E-state index in [1.807, 2.05) is 0 Å². The Morgan fingerprint density at radius 3 is 2.33 bits per heavy atom. The van der Waals surface area contributed by atoms with Gasteiger partial charge < -0.3 is 15.3 Å². The Morgan fingerprint density at radius 1 is 1.24 bits per heavy atom. The lowest BCUT2D eigenvalue weighted by Gasteiger charge is -2.17. The van der Waals surface area contributed by atoms with Gasteiger partial charge in [-0.1, -0.05) is 12.1 Å². The van der Waals surface area contributed by atoms with Crippen molar-refractivity contribution in [2.24, 2.45) is 11.8 Å². The Balaban J connectivity index is 1.94. The number of hydrogen-bond acceptors (Lipinski definition) is 3. The third-order valence-corrected chi connectivity index (χ3v) is 3.66. The molecule has 0 unspecified atom stereocenters.